The molecule has 7 heteroatoms. The lowest BCUT2D eigenvalue weighted by Gasteiger charge is -2.14. The SMILES string of the molecule is CC1(Oc2ccc(N)c(C(=[NH2+])c3cc(NCCO)ncn3)c2)CC1. The maximum Gasteiger partial charge on any atom is 0.232 e. The standard InChI is InChI=1S/C17H21N5O2/c1-17(4-5-17)24-11-2-3-13(18)12(8-11)16(19)14-9-15(20-6-7-23)22-10-21-14/h2-3,8-10,19,23H,4-7,18H2,1H3,(H,20,21,22)/p+1. The van der Waals surface area contributed by atoms with Gasteiger partial charge in [-0.2, -0.15) is 0 Å². The number of aliphatic hydroxyl groups is 1. The van der Waals surface area contributed by atoms with E-state index in [0.29, 0.717) is 35.0 Å². The van der Waals surface area contributed by atoms with E-state index in [4.69, 9.17) is 21.0 Å². The first-order valence-electron chi connectivity index (χ1n) is 7.89. The van der Waals surface area contributed by atoms with Crippen LogP contribution in [0.2, 0.25) is 0 Å². The predicted octanol–water partition coefficient (Wildman–Crippen LogP) is -0.00920. The van der Waals surface area contributed by atoms with Crippen LogP contribution in [-0.2, 0) is 0 Å². The first kappa shape index (κ1) is 16.2. The number of nitrogens with two attached hydrogens (primary N) is 2. The summed E-state index contributed by atoms with van der Waals surface area (Å²) < 4.78 is 5.97. The maximum atomic E-state index is 8.88. The molecule has 0 unspecified atom stereocenters. The molecule has 1 aliphatic rings. The molecule has 0 spiro atoms. The second-order valence-electron chi connectivity index (χ2n) is 6.15. The molecule has 1 heterocycles. The summed E-state index contributed by atoms with van der Waals surface area (Å²) in [5, 5.41) is 18.1. The zero-order chi connectivity index (χ0) is 17.2. The van der Waals surface area contributed by atoms with Gasteiger partial charge in [-0.05, 0) is 38.0 Å². The van der Waals surface area contributed by atoms with Crippen molar-refractivity contribution in [3.05, 3.63) is 41.9 Å². The number of aliphatic hydroxyl groups excluding tert-OH is 1. The number of nitrogens with one attached hydrogen (secondary N) is 1. The Kier molecular flexibility index (Phi) is 4.35. The highest BCUT2D eigenvalue weighted by Crippen LogP contribution is 2.40. The van der Waals surface area contributed by atoms with E-state index < -0.39 is 0 Å². The molecular weight excluding hydrogens is 306 g/mol. The molecule has 1 fully saturated rings. The summed E-state index contributed by atoms with van der Waals surface area (Å²) in [7, 11) is 0. The summed E-state index contributed by atoms with van der Waals surface area (Å²) in [4.78, 5) is 8.30. The van der Waals surface area contributed by atoms with Crippen molar-refractivity contribution in [2.45, 2.75) is 25.4 Å². The fraction of sp³-hybridized carbons (Fsp3) is 0.353. The fourth-order valence-electron chi connectivity index (χ4n) is 2.32. The molecule has 2 aromatic rings. The highest BCUT2D eigenvalue weighted by molar-refractivity contribution is 6.11. The molecule has 1 aromatic heterocycles. The van der Waals surface area contributed by atoms with Crippen LogP contribution in [-0.4, -0.2) is 39.5 Å². The van der Waals surface area contributed by atoms with Crippen molar-refractivity contribution in [2.24, 2.45) is 0 Å². The Labute approximate surface area is 140 Å². The molecule has 1 aliphatic carbocycles. The van der Waals surface area contributed by atoms with Crippen molar-refractivity contribution in [1.29, 1.82) is 0 Å². The molecule has 1 aromatic carbocycles. The van der Waals surface area contributed by atoms with Crippen molar-refractivity contribution < 1.29 is 15.3 Å². The maximum absolute atomic E-state index is 8.88. The third-order valence-corrected chi connectivity index (χ3v) is 3.99. The van der Waals surface area contributed by atoms with Crippen LogP contribution >= 0.6 is 0 Å². The fourth-order valence-corrected chi connectivity index (χ4v) is 2.32. The number of benzene rings is 1. The van der Waals surface area contributed by atoms with Crippen LogP contribution in [0.5, 0.6) is 5.75 Å². The summed E-state index contributed by atoms with van der Waals surface area (Å²) in [5.74, 6) is 1.34. The molecular formula is C17H22N5O2+. The summed E-state index contributed by atoms with van der Waals surface area (Å²) in [6.45, 7) is 2.50. The molecule has 24 heavy (non-hydrogen) atoms. The topological polar surface area (TPSA) is 119 Å². The number of nitrogen functional groups attached to an aromatic ring is 1. The van der Waals surface area contributed by atoms with E-state index in [9.17, 15) is 0 Å². The molecule has 0 atom stereocenters. The van der Waals surface area contributed by atoms with Gasteiger partial charge in [0.2, 0.25) is 5.71 Å². The average molecular weight is 328 g/mol. The van der Waals surface area contributed by atoms with E-state index in [0.717, 1.165) is 18.6 Å². The molecule has 0 aliphatic heterocycles. The highest BCUT2D eigenvalue weighted by atomic mass is 16.5. The van der Waals surface area contributed by atoms with E-state index in [1.807, 2.05) is 12.1 Å². The highest BCUT2D eigenvalue weighted by Gasteiger charge is 2.40. The monoisotopic (exact) mass is 328 g/mol. The molecule has 6 N–H and O–H groups in total. The Morgan fingerprint density at radius 1 is 1.38 bits per heavy atom. The van der Waals surface area contributed by atoms with Crippen molar-refractivity contribution in [2.75, 3.05) is 24.2 Å². The number of nitrogens with zero attached hydrogens (tertiary/aromatic N) is 2. The van der Waals surface area contributed by atoms with Crippen LogP contribution < -0.4 is 21.2 Å². The molecule has 7 nitrogen and oxygen atoms in total. The largest absolute Gasteiger partial charge is 0.488 e. The smallest absolute Gasteiger partial charge is 0.232 e. The Morgan fingerprint density at radius 2 is 2.17 bits per heavy atom. The van der Waals surface area contributed by atoms with Gasteiger partial charge in [-0.3, -0.25) is 5.41 Å². The molecule has 1 saturated carbocycles. The molecule has 0 saturated heterocycles. The van der Waals surface area contributed by atoms with Gasteiger partial charge in [-0.1, -0.05) is 0 Å². The van der Waals surface area contributed by atoms with Gasteiger partial charge in [-0.15, -0.1) is 0 Å². The summed E-state index contributed by atoms with van der Waals surface area (Å²) in [5.41, 5.74) is 8.26. The lowest BCUT2D eigenvalue weighted by Crippen LogP contribution is -2.42. The number of hydrogen-bond donors (Lipinski definition) is 4. The first-order valence-corrected chi connectivity index (χ1v) is 7.89. The summed E-state index contributed by atoms with van der Waals surface area (Å²) in [6, 6.07) is 7.20. The van der Waals surface area contributed by atoms with Gasteiger partial charge in [0.05, 0.1) is 12.2 Å². The van der Waals surface area contributed by atoms with E-state index in [-0.39, 0.29) is 12.2 Å². The Balaban J connectivity index is 1.84. The van der Waals surface area contributed by atoms with Crippen molar-refractivity contribution in [1.82, 2.24) is 9.97 Å². The van der Waals surface area contributed by atoms with Crippen LogP contribution in [0, 0.1) is 0 Å². The molecule has 126 valence electrons. The minimum Gasteiger partial charge on any atom is -0.488 e. The minimum atomic E-state index is -0.0710. The van der Waals surface area contributed by atoms with Gasteiger partial charge in [-0.25, -0.2) is 9.97 Å². The van der Waals surface area contributed by atoms with Gasteiger partial charge < -0.3 is 20.9 Å². The lowest BCUT2D eigenvalue weighted by atomic mass is 10.0. The molecule has 0 amide bonds. The zero-order valence-corrected chi connectivity index (χ0v) is 13.6. The number of rotatable bonds is 7. The first-order chi connectivity index (χ1) is 11.5. The second-order valence-corrected chi connectivity index (χ2v) is 6.15. The van der Waals surface area contributed by atoms with E-state index in [2.05, 4.69) is 22.2 Å². The summed E-state index contributed by atoms with van der Waals surface area (Å²) >= 11 is 0. The van der Waals surface area contributed by atoms with Gasteiger partial charge in [0.25, 0.3) is 0 Å². The van der Waals surface area contributed by atoms with Gasteiger partial charge in [0.15, 0.2) is 0 Å². The van der Waals surface area contributed by atoms with E-state index in [1.165, 1.54) is 6.33 Å². The van der Waals surface area contributed by atoms with Gasteiger partial charge in [0, 0.05) is 18.3 Å². The van der Waals surface area contributed by atoms with E-state index >= 15 is 0 Å². The third kappa shape index (κ3) is 3.62. The third-order valence-electron chi connectivity index (χ3n) is 3.99. The zero-order valence-electron chi connectivity index (χ0n) is 13.6. The van der Waals surface area contributed by atoms with Crippen molar-refractivity contribution >= 4 is 17.2 Å². The van der Waals surface area contributed by atoms with Crippen LogP contribution in [0.1, 0.15) is 31.0 Å². The summed E-state index contributed by atoms with van der Waals surface area (Å²) in [6.07, 6.45) is 3.53. The van der Waals surface area contributed by atoms with Gasteiger partial charge >= 0.3 is 0 Å². The van der Waals surface area contributed by atoms with Gasteiger partial charge in [0.1, 0.15) is 29.2 Å². The Hall–Kier alpha value is -2.67. The number of anilines is 2. The number of aromatic nitrogens is 2. The molecule has 0 bridgehead atoms. The van der Waals surface area contributed by atoms with Crippen LogP contribution in [0.4, 0.5) is 11.5 Å². The molecule has 0 radical (unpaired) electrons. The van der Waals surface area contributed by atoms with Crippen molar-refractivity contribution in [3.8, 4) is 5.75 Å². The quantitative estimate of drug-likeness (QED) is 0.419. The molecule has 3 rings (SSSR count). The van der Waals surface area contributed by atoms with Crippen LogP contribution in [0.15, 0.2) is 30.6 Å². The Morgan fingerprint density at radius 3 is 2.88 bits per heavy atom. The van der Waals surface area contributed by atoms with E-state index in [1.54, 1.807) is 12.1 Å². The Bertz CT molecular complexity index is 758. The van der Waals surface area contributed by atoms with Crippen LogP contribution in [0.3, 0.4) is 0 Å². The average Bonchev–Trinajstić information content (AvgIpc) is 3.31. The number of hydrogen-bond acceptors (Lipinski definition) is 6. The minimum absolute atomic E-state index is 0.0175. The normalized spacial score (nSPS) is 14.9. The number of ether oxygens (including phenoxy) is 1. The van der Waals surface area contributed by atoms with Crippen LogP contribution in [0.25, 0.3) is 0 Å². The van der Waals surface area contributed by atoms with Crippen molar-refractivity contribution in [3.63, 3.8) is 0 Å². The second kappa shape index (κ2) is 6.45. The lowest BCUT2D eigenvalue weighted by molar-refractivity contribution is -0.111. The predicted molar refractivity (Wildman–Crippen MR) is 91.9 cm³/mol.